The minimum atomic E-state index is -0.719. The number of ether oxygens (including phenoxy) is 2. The summed E-state index contributed by atoms with van der Waals surface area (Å²) < 4.78 is 12.0. The molecule has 3 heterocycles. The number of nitrogen functional groups attached to an aromatic ring is 1. The van der Waals surface area contributed by atoms with Gasteiger partial charge in [-0.1, -0.05) is 6.07 Å². The normalized spacial score (nSPS) is 16.2. The van der Waals surface area contributed by atoms with Crippen LogP contribution in [0.15, 0.2) is 42.6 Å². The quantitative estimate of drug-likeness (QED) is 0.645. The van der Waals surface area contributed by atoms with E-state index in [4.69, 9.17) is 15.2 Å². The summed E-state index contributed by atoms with van der Waals surface area (Å²) in [6, 6.07) is 10.3. The zero-order valence-electron chi connectivity index (χ0n) is 16.8. The number of methoxy groups -OCH3 is 2. The highest BCUT2D eigenvalue weighted by Crippen LogP contribution is 2.40. The Labute approximate surface area is 173 Å². The van der Waals surface area contributed by atoms with Crippen molar-refractivity contribution >= 4 is 23.3 Å². The summed E-state index contributed by atoms with van der Waals surface area (Å²) in [6.07, 6.45) is 1.64. The lowest BCUT2D eigenvalue weighted by Gasteiger charge is -2.17. The Balaban J connectivity index is 1.71. The van der Waals surface area contributed by atoms with E-state index in [0.717, 1.165) is 4.90 Å². The minimum Gasteiger partial charge on any atom is -0.493 e. The largest absolute Gasteiger partial charge is 0.493 e. The average Bonchev–Trinajstić information content (AvgIpc) is 3.22. The van der Waals surface area contributed by atoms with E-state index in [-0.39, 0.29) is 18.2 Å². The van der Waals surface area contributed by atoms with E-state index in [1.54, 1.807) is 43.5 Å². The molecule has 2 N–H and O–H groups in total. The zero-order valence-corrected chi connectivity index (χ0v) is 16.8. The Morgan fingerprint density at radius 3 is 2.53 bits per heavy atom. The highest BCUT2D eigenvalue weighted by Gasteiger charge is 2.43. The lowest BCUT2D eigenvalue weighted by Crippen LogP contribution is -2.30. The summed E-state index contributed by atoms with van der Waals surface area (Å²) >= 11 is 0. The average molecular weight is 407 g/mol. The van der Waals surface area contributed by atoms with Crippen LogP contribution in [0.2, 0.25) is 0 Å². The van der Waals surface area contributed by atoms with Crippen LogP contribution in [0, 0.1) is 6.92 Å². The zero-order chi connectivity index (χ0) is 21.4. The maximum absolute atomic E-state index is 13.2. The molecule has 154 valence electrons. The molecule has 0 radical (unpaired) electrons. The van der Waals surface area contributed by atoms with Gasteiger partial charge in [0, 0.05) is 24.2 Å². The minimum absolute atomic E-state index is 0.00608. The summed E-state index contributed by atoms with van der Waals surface area (Å²) in [5.41, 5.74) is 7.87. The molecule has 1 aliphatic heterocycles. The Bertz CT molecular complexity index is 1130. The van der Waals surface area contributed by atoms with Crippen LogP contribution >= 0.6 is 0 Å². The first kappa shape index (κ1) is 19.4. The summed E-state index contributed by atoms with van der Waals surface area (Å²) in [6.45, 7) is 1.77. The van der Waals surface area contributed by atoms with Crippen LogP contribution in [-0.4, -0.2) is 40.8 Å². The Kier molecular flexibility index (Phi) is 4.86. The number of nitrogens with two attached hydrogens (primary N) is 1. The number of benzene rings is 1. The fourth-order valence-corrected chi connectivity index (χ4v) is 3.73. The standard InChI is InChI=1S/C21H21N5O4/c1-12-19(20(22)26(24-12)17-6-4-5-9-23-17)14-11-18(27)25(21(14)28)13-7-8-15(29-2)16(10-13)30-3/h4-10,14H,11,22H2,1-3H3/t14-/m1/s1. The van der Waals surface area contributed by atoms with Gasteiger partial charge in [0.25, 0.3) is 0 Å². The van der Waals surface area contributed by atoms with Gasteiger partial charge < -0.3 is 15.2 Å². The molecule has 0 unspecified atom stereocenters. The van der Waals surface area contributed by atoms with E-state index in [1.807, 2.05) is 6.07 Å². The lowest BCUT2D eigenvalue weighted by molar-refractivity contribution is -0.121. The van der Waals surface area contributed by atoms with E-state index in [0.29, 0.717) is 40.1 Å². The molecule has 0 aliphatic carbocycles. The lowest BCUT2D eigenvalue weighted by atomic mass is 9.97. The number of aromatic nitrogens is 3. The molecule has 2 amide bonds. The number of aryl methyl sites for hydroxylation is 1. The molecule has 0 spiro atoms. The number of carbonyl (C=O) groups is 2. The predicted octanol–water partition coefficient (Wildman–Crippen LogP) is 2.22. The van der Waals surface area contributed by atoms with Gasteiger partial charge in [0.15, 0.2) is 17.3 Å². The first-order chi connectivity index (χ1) is 14.5. The predicted molar refractivity (Wildman–Crippen MR) is 110 cm³/mol. The van der Waals surface area contributed by atoms with Crippen LogP contribution in [-0.2, 0) is 9.59 Å². The molecule has 2 aromatic heterocycles. The molecule has 1 fully saturated rings. The highest BCUT2D eigenvalue weighted by molar-refractivity contribution is 6.23. The summed E-state index contributed by atoms with van der Waals surface area (Å²) in [5.74, 6) is 0.378. The summed E-state index contributed by atoms with van der Waals surface area (Å²) in [7, 11) is 3.01. The fraction of sp³-hybridized carbons (Fsp3) is 0.238. The number of nitrogens with zero attached hydrogens (tertiary/aromatic N) is 4. The monoisotopic (exact) mass is 407 g/mol. The molecule has 0 saturated carbocycles. The van der Waals surface area contributed by atoms with Crippen molar-refractivity contribution < 1.29 is 19.1 Å². The number of hydrogen-bond donors (Lipinski definition) is 1. The molecule has 1 aromatic carbocycles. The van der Waals surface area contributed by atoms with E-state index in [1.165, 1.54) is 18.9 Å². The Hall–Kier alpha value is -3.88. The number of rotatable bonds is 5. The van der Waals surface area contributed by atoms with E-state index in [9.17, 15) is 9.59 Å². The van der Waals surface area contributed by atoms with Gasteiger partial charge in [-0.15, -0.1) is 0 Å². The topological polar surface area (TPSA) is 113 Å². The number of hydrogen-bond acceptors (Lipinski definition) is 7. The molecule has 3 aromatic rings. The van der Waals surface area contributed by atoms with Crippen LogP contribution in [0.25, 0.3) is 5.82 Å². The third-order valence-electron chi connectivity index (χ3n) is 5.13. The number of carbonyl (C=O) groups excluding carboxylic acids is 2. The van der Waals surface area contributed by atoms with Gasteiger partial charge >= 0.3 is 0 Å². The molecule has 0 bridgehead atoms. The van der Waals surface area contributed by atoms with Crippen molar-refractivity contribution in [2.24, 2.45) is 0 Å². The van der Waals surface area contributed by atoms with E-state index >= 15 is 0 Å². The van der Waals surface area contributed by atoms with E-state index in [2.05, 4.69) is 10.1 Å². The molecule has 1 atom stereocenters. The fourth-order valence-electron chi connectivity index (χ4n) is 3.73. The first-order valence-corrected chi connectivity index (χ1v) is 9.31. The van der Waals surface area contributed by atoms with Crippen molar-refractivity contribution in [3.8, 4) is 17.3 Å². The maximum atomic E-state index is 13.2. The van der Waals surface area contributed by atoms with Crippen molar-refractivity contribution in [3.63, 3.8) is 0 Å². The maximum Gasteiger partial charge on any atom is 0.242 e. The van der Waals surface area contributed by atoms with Crippen molar-refractivity contribution in [3.05, 3.63) is 53.9 Å². The highest BCUT2D eigenvalue weighted by atomic mass is 16.5. The van der Waals surface area contributed by atoms with Crippen LogP contribution in [0.3, 0.4) is 0 Å². The van der Waals surface area contributed by atoms with Crippen LogP contribution < -0.4 is 20.1 Å². The van der Waals surface area contributed by atoms with Crippen molar-refractivity contribution in [2.75, 3.05) is 24.9 Å². The van der Waals surface area contributed by atoms with Gasteiger partial charge in [-0.3, -0.25) is 9.59 Å². The molecule has 1 aliphatic rings. The SMILES string of the molecule is COc1ccc(N2C(=O)C[C@H](c3c(C)nn(-c4ccccn4)c3N)C2=O)cc1OC. The van der Waals surface area contributed by atoms with Gasteiger partial charge in [0.2, 0.25) is 11.8 Å². The first-order valence-electron chi connectivity index (χ1n) is 9.31. The molecule has 4 rings (SSSR count). The second kappa shape index (κ2) is 7.51. The molecule has 9 heteroatoms. The number of imide groups is 1. The molecule has 1 saturated heterocycles. The molecule has 9 nitrogen and oxygen atoms in total. The number of anilines is 2. The third-order valence-corrected chi connectivity index (χ3v) is 5.13. The third kappa shape index (κ3) is 3.04. The van der Waals surface area contributed by atoms with E-state index < -0.39 is 5.92 Å². The smallest absolute Gasteiger partial charge is 0.242 e. The summed E-state index contributed by atoms with van der Waals surface area (Å²) in [4.78, 5) is 31.4. The van der Waals surface area contributed by atoms with Gasteiger partial charge in [0.1, 0.15) is 5.82 Å². The van der Waals surface area contributed by atoms with Crippen molar-refractivity contribution in [1.29, 1.82) is 0 Å². The van der Waals surface area contributed by atoms with Crippen LogP contribution in [0.5, 0.6) is 11.5 Å². The van der Waals surface area contributed by atoms with Gasteiger partial charge in [0.05, 0.1) is 31.5 Å². The second-order valence-electron chi connectivity index (χ2n) is 6.85. The van der Waals surface area contributed by atoms with Crippen molar-refractivity contribution in [1.82, 2.24) is 14.8 Å². The number of pyridine rings is 1. The van der Waals surface area contributed by atoms with Crippen LogP contribution in [0.4, 0.5) is 11.5 Å². The van der Waals surface area contributed by atoms with Crippen LogP contribution in [0.1, 0.15) is 23.6 Å². The van der Waals surface area contributed by atoms with Crippen molar-refractivity contribution in [2.45, 2.75) is 19.3 Å². The van der Waals surface area contributed by atoms with Gasteiger partial charge in [-0.05, 0) is 31.2 Å². The molecule has 30 heavy (non-hydrogen) atoms. The summed E-state index contributed by atoms with van der Waals surface area (Å²) in [5, 5.41) is 4.44. The molecular formula is C21H21N5O4. The number of amides is 2. The Morgan fingerprint density at radius 1 is 1.10 bits per heavy atom. The Morgan fingerprint density at radius 2 is 1.87 bits per heavy atom. The van der Waals surface area contributed by atoms with Gasteiger partial charge in [-0.25, -0.2) is 9.88 Å². The van der Waals surface area contributed by atoms with Gasteiger partial charge in [-0.2, -0.15) is 9.78 Å². The second-order valence-corrected chi connectivity index (χ2v) is 6.85. The molecular weight excluding hydrogens is 386 g/mol.